The van der Waals surface area contributed by atoms with E-state index in [0.29, 0.717) is 5.92 Å². The van der Waals surface area contributed by atoms with E-state index in [4.69, 9.17) is 4.74 Å². The van der Waals surface area contributed by atoms with E-state index in [9.17, 15) is 0 Å². The van der Waals surface area contributed by atoms with E-state index < -0.39 is 0 Å². The number of hydrogen-bond acceptors (Lipinski definition) is 3. The van der Waals surface area contributed by atoms with E-state index in [-0.39, 0.29) is 0 Å². The second kappa shape index (κ2) is 10.2. The Morgan fingerprint density at radius 2 is 2.18 bits per heavy atom. The van der Waals surface area contributed by atoms with Crippen LogP contribution in [0.5, 0.6) is 0 Å². The van der Waals surface area contributed by atoms with Crippen LogP contribution in [0.3, 0.4) is 0 Å². The Balaban J connectivity index is 2.44. The molecule has 6 nitrogen and oxygen atoms in total. The first-order valence-electron chi connectivity index (χ1n) is 8.09. The fourth-order valence-electron chi connectivity index (χ4n) is 2.22. The smallest absolute Gasteiger partial charge is 0.191 e. The Bertz CT molecular complexity index is 455. The summed E-state index contributed by atoms with van der Waals surface area (Å²) < 4.78 is 7.12. The summed E-state index contributed by atoms with van der Waals surface area (Å²) in [7, 11) is 1.72. The normalized spacial score (nSPS) is 13.2. The Labute approximate surface area is 134 Å². The molecule has 0 spiro atoms. The first kappa shape index (κ1) is 18.5. The van der Waals surface area contributed by atoms with Crippen molar-refractivity contribution in [2.75, 3.05) is 33.4 Å². The van der Waals surface area contributed by atoms with E-state index in [1.807, 2.05) is 6.92 Å². The molecule has 0 bridgehead atoms. The van der Waals surface area contributed by atoms with Gasteiger partial charge in [0.1, 0.15) is 0 Å². The highest BCUT2D eigenvalue weighted by molar-refractivity contribution is 5.79. The molecule has 0 amide bonds. The highest BCUT2D eigenvalue weighted by atomic mass is 16.5. The SMILES string of the molecule is CCNC(=NCC(C)Cn1nc(C)cc1C)NCCCOC. The predicted molar refractivity (Wildman–Crippen MR) is 91.3 cm³/mol. The van der Waals surface area contributed by atoms with Crippen LogP contribution in [0.1, 0.15) is 31.7 Å². The molecule has 126 valence electrons. The quantitative estimate of drug-likeness (QED) is 0.414. The molecule has 1 aromatic heterocycles. The van der Waals surface area contributed by atoms with Gasteiger partial charge in [0.25, 0.3) is 0 Å². The minimum Gasteiger partial charge on any atom is -0.385 e. The lowest BCUT2D eigenvalue weighted by molar-refractivity contribution is 0.195. The van der Waals surface area contributed by atoms with Gasteiger partial charge < -0.3 is 15.4 Å². The van der Waals surface area contributed by atoms with E-state index in [2.05, 4.69) is 52.2 Å². The Hall–Kier alpha value is -1.56. The minimum absolute atomic E-state index is 0.437. The van der Waals surface area contributed by atoms with Crippen LogP contribution in [0, 0.1) is 19.8 Å². The van der Waals surface area contributed by atoms with Crippen molar-refractivity contribution in [3.05, 3.63) is 17.5 Å². The van der Waals surface area contributed by atoms with Crippen LogP contribution < -0.4 is 10.6 Å². The third-order valence-corrected chi connectivity index (χ3v) is 3.31. The van der Waals surface area contributed by atoms with Gasteiger partial charge in [0.05, 0.1) is 5.69 Å². The fourth-order valence-corrected chi connectivity index (χ4v) is 2.22. The number of guanidine groups is 1. The molecule has 1 aromatic rings. The molecular weight excluding hydrogens is 278 g/mol. The van der Waals surface area contributed by atoms with Crippen molar-refractivity contribution in [1.29, 1.82) is 0 Å². The second-order valence-corrected chi connectivity index (χ2v) is 5.71. The van der Waals surface area contributed by atoms with Gasteiger partial charge in [-0.25, -0.2) is 0 Å². The molecule has 1 rings (SSSR count). The van der Waals surface area contributed by atoms with Gasteiger partial charge in [0.2, 0.25) is 0 Å². The number of nitrogens with one attached hydrogen (secondary N) is 2. The summed E-state index contributed by atoms with van der Waals surface area (Å²) in [6.07, 6.45) is 0.974. The Kier molecular flexibility index (Phi) is 8.58. The lowest BCUT2D eigenvalue weighted by Gasteiger charge is -2.14. The van der Waals surface area contributed by atoms with Crippen molar-refractivity contribution in [2.24, 2.45) is 10.9 Å². The van der Waals surface area contributed by atoms with Gasteiger partial charge in [-0.15, -0.1) is 0 Å². The van der Waals surface area contributed by atoms with Crippen LogP contribution in [0.2, 0.25) is 0 Å². The molecule has 6 heteroatoms. The summed E-state index contributed by atoms with van der Waals surface area (Å²) in [6.45, 7) is 12.6. The molecule has 0 saturated carbocycles. The van der Waals surface area contributed by atoms with Gasteiger partial charge >= 0.3 is 0 Å². The molecule has 22 heavy (non-hydrogen) atoms. The first-order valence-corrected chi connectivity index (χ1v) is 8.09. The first-order chi connectivity index (χ1) is 10.6. The molecule has 2 N–H and O–H groups in total. The molecule has 0 aromatic carbocycles. The lowest BCUT2D eigenvalue weighted by Crippen LogP contribution is -2.38. The van der Waals surface area contributed by atoms with Crippen LogP contribution >= 0.6 is 0 Å². The van der Waals surface area contributed by atoms with Crippen LogP contribution in [-0.2, 0) is 11.3 Å². The zero-order chi connectivity index (χ0) is 16.4. The average Bonchev–Trinajstić information content (AvgIpc) is 2.78. The molecule has 1 unspecified atom stereocenters. The van der Waals surface area contributed by atoms with Crippen LogP contribution in [0.25, 0.3) is 0 Å². The average molecular weight is 309 g/mol. The highest BCUT2D eigenvalue weighted by Crippen LogP contribution is 2.06. The van der Waals surface area contributed by atoms with Gasteiger partial charge in [0, 0.05) is 45.6 Å². The number of hydrogen-bond donors (Lipinski definition) is 2. The summed E-state index contributed by atoms with van der Waals surface area (Å²) in [6, 6.07) is 2.11. The van der Waals surface area contributed by atoms with E-state index >= 15 is 0 Å². The summed E-state index contributed by atoms with van der Waals surface area (Å²) in [4.78, 5) is 4.66. The standard InChI is InChI=1S/C16H31N5O/c1-6-17-16(18-8-7-9-22-5)19-11-13(2)12-21-15(4)10-14(3)20-21/h10,13H,6-9,11-12H2,1-5H3,(H2,17,18,19). The third-order valence-electron chi connectivity index (χ3n) is 3.31. The van der Waals surface area contributed by atoms with Gasteiger partial charge in [-0.1, -0.05) is 6.92 Å². The van der Waals surface area contributed by atoms with E-state index in [1.165, 1.54) is 5.69 Å². The number of nitrogens with zero attached hydrogens (tertiary/aromatic N) is 3. The van der Waals surface area contributed by atoms with E-state index in [0.717, 1.165) is 50.9 Å². The monoisotopic (exact) mass is 309 g/mol. The summed E-state index contributed by atoms with van der Waals surface area (Å²) in [5, 5.41) is 11.1. The molecule has 1 heterocycles. The van der Waals surface area contributed by atoms with Crippen molar-refractivity contribution in [2.45, 2.75) is 40.7 Å². The van der Waals surface area contributed by atoms with Gasteiger partial charge in [0.15, 0.2) is 5.96 Å². The third kappa shape index (κ3) is 6.93. The number of aliphatic imine (C=N–C) groups is 1. The van der Waals surface area contributed by atoms with E-state index in [1.54, 1.807) is 7.11 Å². The zero-order valence-electron chi connectivity index (χ0n) is 14.6. The molecule has 0 aliphatic heterocycles. The van der Waals surface area contributed by atoms with Crippen LogP contribution in [-0.4, -0.2) is 49.1 Å². The maximum atomic E-state index is 5.05. The molecule has 0 radical (unpaired) electrons. The minimum atomic E-state index is 0.437. The van der Waals surface area contributed by atoms with Crippen molar-refractivity contribution in [3.8, 4) is 0 Å². The molecule has 0 fully saturated rings. The zero-order valence-corrected chi connectivity index (χ0v) is 14.6. The van der Waals surface area contributed by atoms with Crippen LogP contribution in [0.15, 0.2) is 11.1 Å². The van der Waals surface area contributed by atoms with Crippen molar-refractivity contribution in [1.82, 2.24) is 20.4 Å². The second-order valence-electron chi connectivity index (χ2n) is 5.71. The predicted octanol–water partition coefficient (Wildman–Crippen LogP) is 1.73. The molecular formula is C16H31N5O. The fraction of sp³-hybridized carbons (Fsp3) is 0.750. The summed E-state index contributed by atoms with van der Waals surface area (Å²) in [5.74, 6) is 1.31. The lowest BCUT2D eigenvalue weighted by atomic mass is 10.2. The number of ether oxygens (including phenoxy) is 1. The maximum absolute atomic E-state index is 5.05. The number of methoxy groups -OCH3 is 1. The highest BCUT2D eigenvalue weighted by Gasteiger charge is 2.07. The largest absolute Gasteiger partial charge is 0.385 e. The van der Waals surface area contributed by atoms with Crippen molar-refractivity contribution >= 4 is 5.96 Å². The summed E-state index contributed by atoms with van der Waals surface area (Å²) >= 11 is 0. The van der Waals surface area contributed by atoms with Crippen molar-refractivity contribution < 1.29 is 4.74 Å². The molecule has 1 atom stereocenters. The van der Waals surface area contributed by atoms with Gasteiger partial charge in [-0.2, -0.15) is 5.10 Å². The van der Waals surface area contributed by atoms with Gasteiger partial charge in [-0.3, -0.25) is 9.67 Å². The van der Waals surface area contributed by atoms with Crippen LogP contribution in [0.4, 0.5) is 0 Å². The maximum Gasteiger partial charge on any atom is 0.191 e. The Morgan fingerprint density at radius 3 is 2.77 bits per heavy atom. The molecule has 0 aliphatic rings. The number of rotatable bonds is 9. The van der Waals surface area contributed by atoms with Gasteiger partial charge in [-0.05, 0) is 39.2 Å². The molecule has 0 aliphatic carbocycles. The van der Waals surface area contributed by atoms with Crippen molar-refractivity contribution in [3.63, 3.8) is 0 Å². The number of aromatic nitrogens is 2. The Morgan fingerprint density at radius 1 is 1.41 bits per heavy atom. The number of aryl methyl sites for hydroxylation is 2. The summed E-state index contributed by atoms with van der Waals surface area (Å²) in [5.41, 5.74) is 2.28. The topological polar surface area (TPSA) is 63.5 Å². The molecule has 0 saturated heterocycles.